The molecule has 6 heteroatoms. The lowest BCUT2D eigenvalue weighted by molar-refractivity contribution is -0.121. The number of carbonyl (C=O) groups excluding carboxylic acids is 1. The molecule has 0 radical (unpaired) electrons. The van der Waals surface area contributed by atoms with E-state index in [0.29, 0.717) is 13.0 Å². The molecule has 1 rings (SSSR count). The Morgan fingerprint density at radius 3 is 2.89 bits per heavy atom. The zero-order valence-electron chi connectivity index (χ0n) is 11.3. The van der Waals surface area contributed by atoms with E-state index < -0.39 is 5.41 Å². The number of amidine groups is 1. The van der Waals surface area contributed by atoms with E-state index in [4.69, 9.17) is 10.9 Å². The largest absolute Gasteiger partial charge is 0.409 e. The van der Waals surface area contributed by atoms with Crippen molar-refractivity contribution in [2.24, 2.45) is 16.3 Å². The minimum atomic E-state index is -0.543. The van der Waals surface area contributed by atoms with E-state index in [2.05, 4.69) is 16.5 Å². The van der Waals surface area contributed by atoms with Crippen LogP contribution >= 0.6 is 11.3 Å². The second-order valence-electron chi connectivity index (χ2n) is 5.08. The summed E-state index contributed by atoms with van der Waals surface area (Å²) < 4.78 is 0. The number of hydrogen-bond donors (Lipinski definition) is 3. The van der Waals surface area contributed by atoms with Crippen molar-refractivity contribution in [2.45, 2.75) is 33.1 Å². The van der Waals surface area contributed by atoms with Crippen LogP contribution in [-0.2, 0) is 11.2 Å². The Bertz CT molecular complexity index is 427. The van der Waals surface area contributed by atoms with Crippen molar-refractivity contribution >= 4 is 23.1 Å². The molecule has 5 nitrogen and oxygen atoms in total. The van der Waals surface area contributed by atoms with E-state index in [1.807, 2.05) is 25.3 Å². The van der Waals surface area contributed by atoms with Gasteiger partial charge in [0.25, 0.3) is 0 Å². The molecule has 0 aromatic carbocycles. The van der Waals surface area contributed by atoms with Gasteiger partial charge in [-0.2, -0.15) is 0 Å². The van der Waals surface area contributed by atoms with Crippen LogP contribution in [0.1, 0.15) is 31.6 Å². The number of amides is 1. The lowest BCUT2D eigenvalue weighted by Crippen LogP contribution is -2.42. The van der Waals surface area contributed by atoms with Gasteiger partial charge in [-0.3, -0.25) is 4.79 Å². The highest BCUT2D eigenvalue weighted by molar-refractivity contribution is 7.09. The summed E-state index contributed by atoms with van der Waals surface area (Å²) in [5.41, 5.74) is 5.01. The second kappa shape index (κ2) is 7.13. The molecule has 0 unspecified atom stereocenters. The van der Waals surface area contributed by atoms with E-state index in [1.54, 1.807) is 11.3 Å². The summed E-state index contributed by atoms with van der Waals surface area (Å²) in [6, 6.07) is 4.09. The van der Waals surface area contributed by atoms with Gasteiger partial charge < -0.3 is 16.3 Å². The molecule has 0 fully saturated rings. The van der Waals surface area contributed by atoms with Crippen LogP contribution in [0.25, 0.3) is 0 Å². The highest BCUT2D eigenvalue weighted by Gasteiger charge is 2.24. The number of nitrogens with two attached hydrogens (primary N) is 1. The highest BCUT2D eigenvalue weighted by atomic mass is 32.1. The summed E-state index contributed by atoms with van der Waals surface area (Å²) in [7, 11) is 0. The molecule has 0 spiro atoms. The van der Waals surface area contributed by atoms with E-state index in [-0.39, 0.29) is 11.7 Å². The fourth-order valence-electron chi connectivity index (χ4n) is 1.51. The van der Waals surface area contributed by atoms with Gasteiger partial charge in [-0.15, -0.1) is 11.3 Å². The fourth-order valence-corrected chi connectivity index (χ4v) is 2.26. The molecule has 1 heterocycles. The third kappa shape index (κ3) is 5.30. The van der Waals surface area contributed by atoms with Crippen LogP contribution in [0.4, 0.5) is 0 Å². The Kier molecular flexibility index (Phi) is 5.82. The van der Waals surface area contributed by atoms with Gasteiger partial charge >= 0.3 is 0 Å². The molecular formula is C13H21N3O2S. The number of nitrogens with one attached hydrogen (secondary N) is 1. The van der Waals surface area contributed by atoms with Crippen LogP contribution in [0.2, 0.25) is 0 Å². The van der Waals surface area contributed by atoms with Crippen molar-refractivity contribution < 1.29 is 10.0 Å². The topological polar surface area (TPSA) is 87.7 Å². The molecule has 0 bridgehead atoms. The van der Waals surface area contributed by atoms with Gasteiger partial charge in [0.2, 0.25) is 5.91 Å². The fraction of sp³-hybridized carbons (Fsp3) is 0.538. The number of thiophene rings is 1. The summed E-state index contributed by atoms with van der Waals surface area (Å²) in [6.45, 7) is 3.99. The molecule has 106 valence electrons. The first-order valence-corrected chi connectivity index (χ1v) is 7.11. The van der Waals surface area contributed by atoms with Crippen molar-refractivity contribution in [1.29, 1.82) is 0 Å². The molecule has 1 aromatic rings. The Hall–Kier alpha value is -1.56. The van der Waals surface area contributed by atoms with Gasteiger partial charge in [-0.1, -0.05) is 25.1 Å². The monoisotopic (exact) mass is 283 g/mol. The molecular weight excluding hydrogens is 262 g/mol. The first-order chi connectivity index (χ1) is 8.95. The van der Waals surface area contributed by atoms with Gasteiger partial charge in [0.05, 0.1) is 0 Å². The van der Waals surface area contributed by atoms with E-state index in [9.17, 15) is 4.79 Å². The number of rotatable bonds is 7. The molecule has 0 saturated heterocycles. The summed E-state index contributed by atoms with van der Waals surface area (Å²) in [4.78, 5) is 13.0. The summed E-state index contributed by atoms with van der Waals surface area (Å²) >= 11 is 1.71. The van der Waals surface area contributed by atoms with E-state index in [0.717, 1.165) is 12.8 Å². The van der Waals surface area contributed by atoms with Crippen LogP contribution in [0.3, 0.4) is 0 Å². The Morgan fingerprint density at radius 1 is 1.58 bits per heavy atom. The van der Waals surface area contributed by atoms with Crippen LogP contribution in [0.15, 0.2) is 22.7 Å². The molecule has 0 saturated carbocycles. The number of aryl methyl sites for hydroxylation is 1. The molecule has 1 aromatic heterocycles. The Balaban J connectivity index is 2.24. The van der Waals surface area contributed by atoms with Crippen molar-refractivity contribution in [3.8, 4) is 0 Å². The Morgan fingerprint density at radius 2 is 2.32 bits per heavy atom. The second-order valence-corrected chi connectivity index (χ2v) is 6.11. The van der Waals surface area contributed by atoms with Gasteiger partial charge in [0.15, 0.2) is 0 Å². The minimum Gasteiger partial charge on any atom is -0.409 e. The molecule has 0 aliphatic rings. The average Bonchev–Trinajstić information content (AvgIpc) is 2.88. The van der Waals surface area contributed by atoms with Crippen LogP contribution in [0, 0.1) is 5.41 Å². The van der Waals surface area contributed by atoms with Crippen molar-refractivity contribution in [1.82, 2.24) is 5.32 Å². The van der Waals surface area contributed by atoms with Crippen molar-refractivity contribution in [3.63, 3.8) is 0 Å². The zero-order valence-corrected chi connectivity index (χ0v) is 12.2. The van der Waals surface area contributed by atoms with Crippen LogP contribution in [0.5, 0.6) is 0 Å². The molecule has 0 aliphatic heterocycles. The summed E-state index contributed by atoms with van der Waals surface area (Å²) in [5.74, 6) is 0.113. The molecule has 19 heavy (non-hydrogen) atoms. The summed E-state index contributed by atoms with van der Waals surface area (Å²) in [6.07, 6.45) is 2.25. The minimum absolute atomic E-state index is 0.00429. The van der Waals surface area contributed by atoms with Gasteiger partial charge in [0.1, 0.15) is 5.84 Å². The first kappa shape index (κ1) is 15.5. The maximum atomic E-state index is 11.7. The van der Waals surface area contributed by atoms with Crippen LogP contribution < -0.4 is 11.1 Å². The SMILES string of the molecule is CC(C)(CNC(=O)CCCc1cccs1)/C(N)=N/O. The van der Waals surface area contributed by atoms with Crippen LogP contribution in [-0.4, -0.2) is 23.5 Å². The third-order valence-electron chi connectivity index (χ3n) is 2.94. The van der Waals surface area contributed by atoms with Crippen molar-refractivity contribution in [2.75, 3.05) is 6.54 Å². The lowest BCUT2D eigenvalue weighted by Gasteiger charge is -2.23. The zero-order chi connectivity index (χ0) is 14.3. The quantitative estimate of drug-likeness (QED) is 0.309. The predicted octanol–water partition coefficient (Wildman–Crippen LogP) is 1.96. The number of nitrogens with zero attached hydrogens (tertiary/aromatic N) is 1. The third-order valence-corrected chi connectivity index (χ3v) is 3.87. The molecule has 4 N–H and O–H groups in total. The van der Waals surface area contributed by atoms with E-state index >= 15 is 0 Å². The van der Waals surface area contributed by atoms with E-state index in [1.165, 1.54) is 4.88 Å². The number of carbonyl (C=O) groups is 1. The Labute approximate surface area is 117 Å². The summed E-state index contributed by atoms with van der Waals surface area (Å²) in [5, 5.41) is 16.5. The first-order valence-electron chi connectivity index (χ1n) is 6.23. The van der Waals surface area contributed by atoms with Gasteiger partial charge in [-0.25, -0.2) is 0 Å². The smallest absolute Gasteiger partial charge is 0.220 e. The predicted molar refractivity (Wildman–Crippen MR) is 77.5 cm³/mol. The molecule has 0 atom stereocenters. The molecule has 1 amide bonds. The maximum absolute atomic E-state index is 11.7. The highest BCUT2D eigenvalue weighted by Crippen LogP contribution is 2.14. The lowest BCUT2D eigenvalue weighted by atomic mass is 9.92. The van der Waals surface area contributed by atoms with Gasteiger partial charge in [-0.05, 0) is 24.3 Å². The number of hydrogen-bond acceptors (Lipinski definition) is 4. The standard InChI is InChI=1S/C13H21N3O2S/c1-13(2,12(14)16-18)9-15-11(17)7-3-5-10-6-4-8-19-10/h4,6,8,18H,3,5,7,9H2,1-2H3,(H2,14,16)(H,15,17). The molecule has 0 aliphatic carbocycles. The van der Waals surface area contributed by atoms with Gasteiger partial charge in [0, 0.05) is 23.3 Å². The van der Waals surface area contributed by atoms with Crippen molar-refractivity contribution in [3.05, 3.63) is 22.4 Å². The normalized spacial score (nSPS) is 12.4. The number of oxime groups is 1. The maximum Gasteiger partial charge on any atom is 0.220 e. The average molecular weight is 283 g/mol.